The van der Waals surface area contributed by atoms with E-state index in [0.717, 1.165) is 16.8 Å². The predicted octanol–water partition coefficient (Wildman–Crippen LogP) is 2.97. The Morgan fingerprint density at radius 2 is 1.93 bits per heavy atom. The molecule has 1 aromatic carbocycles. The van der Waals surface area contributed by atoms with Crippen LogP contribution in [0.15, 0.2) is 36.5 Å². The van der Waals surface area contributed by atoms with Gasteiger partial charge in [0.1, 0.15) is 5.54 Å². The van der Waals surface area contributed by atoms with Crippen molar-refractivity contribution in [1.82, 2.24) is 15.1 Å². The maximum atomic E-state index is 12.8. The van der Waals surface area contributed by atoms with E-state index in [2.05, 4.69) is 10.4 Å². The number of aliphatic carboxylic acids is 1. The summed E-state index contributed by atoms with van der Waals surface area (Å²) in [6.07, 6.45) is -2.54. The van der Waals surface area contributed by atoms with Gasteiger partial charge in [-0.15, -0.1) is 0 Å². The Morgan fingerprint density at radius 3 is 2.56 bits per heavy atom. The number of carboxylic acids is 1. The molecule has 2 N–H and O–H groups in total. The van der Waals surface area contributed by atoms with Gasteiger partial charge < -0.3 is 10.4 Å². The Bertz CT molecular complexity index is 860. The number of hydrogen-bond donors (Lipinski definition) is 2. The highest BCUT2D eigenvalue weighted by Gasteiger charge is 2.41. The van der Waals surface area contributed by atoms with Crippen molar-refractivity contribution in [3.63, 3.8) is 0 Å². The van der Waals surface area contributed by atoms with Crippen LogP contribution >= 0.6 is 11.8 Å². The highest BCUT2D eigenvalue weighted by molar-refractivity contribution is 7.99. The molecule has 6 nitrogen and oxygen atoms in total. The third kappa shape index (κ3) is 4.10. The zero-order chi connectivity index (χ0) is 19.7. The van der Waals surface area contributed by atoms with E-state index in [9.17, 15) is 27.9 Å². The van der Waals surface area contributed by atoms with Crippen molar-refractivity contribution < 1.29 is 27.9 Å². The van der Waals surface area contributed by atoms with Crippen molar-refractivity contribution in [3.05, 3.63) is 47.8 Å². The van der Waals surface area contributed by atoms with Crippen LogP contribution in [0.5, 0.6) is 0 Å². The number of hydrogen-bond acceptors (Lipinski definition) is 4. The molecule has 2 aromatic rings. The lowest BCUT2D eigenvalue weighted by molar-refractivity contribution is -0.144. The zero-order valence-corrected chi connectivity index (χ0v) is 14.8. The molecule has 2 heterocycles. The molecule has 1 saturated heterocycles. The largest absolute Gasteiger partial charge is 0.480 e. The summed E-state index contributed by atoms with van der Waals surface area (Å²) in [7, 11) is 0. The topological polar surface area (TPSA) is 84.2 Å². The first-order valence-corrected chi connectivity index (χ1v) is 9.24. The maximum absolute atomic E-state index is 12.8. The molecule has 27 heavy (non-hydrogen) atoms. The van der Waals surface area contributed by atoms with E-state index in [0.29, 0.717) is 24.3 Å². The minimum absolute atomic E-state index is 0.0636. The van der Waals surface area contributed by atoms with E-state index >= 15 is 0 Å². The van der Waals surface area contributed by atoms with E-state index in [1.807, 2.05) is 0 Å². The smallest absolute Gasteiger partial charge is 0.416 e. The van der Waals surface area contributed by atoms with Crippen LogP contribution in [0.25, 0.3) is 5.69 Å². The third-order valence-electron chi connectivity index (χ3n) is 4.37. The quantitative estimate of drug-likeness (QED) is 0.826. The van der Waals surface area contributed by atoms with E-state index in [4.69, 9.17) is 0 Å². The number of rotatable bonds is 4. The molecule has 0 radical (unpaired) electrons. The Morgan fingerprint density at radius 1 is 1.22 bits per heavy atom. The standard InChI is InChI=1S/C17H16F3N3O3S/c18-17(19,20)11-2-1-3-12(10-11)23-7-4-13(22-23)14(24)21-16(15(25)26)5-8-27-9-6-16/h1-4,7,10H,5-6,8-9H2,(H,21,24)(H,25,26). The van der Waals surface area contributed by atoms with E-state index in [-0.39, 0.29) is 11.4 Å². The van der Waals surface area contributed by atoms with E-state index in [1.165, 1.54) is 24.4 Å². The summed E-state index contributed by atoms with van der Waals surface area (Å²) >= 11 is 1.62. The normalized spacial score (nSPS) is 16.7. The van der Waals surface area contributed by atoms with Gasteiger partial charge in [-0.05, 0) is 48.6 Å². The molecule has 10 heteroatoms. The van der Waals surface area contributed by atoms with Crippen LogP contribution in [0.2, 0.25) is 0 Å². The Balaban J connectivity index is 1.81. The summed E-state index contributed by atoms with van der Waals surface area (Å²) in [4.78, 5) is 24.1. The molecule has 144 valence electrons. The number of nitrogens with zero attached hydrogens (tertiary/aromatic N) is 2. The maximum Gasteiger partial charge on any atom is 0.416 e. The summed E-state index contributed by atoms with van der Waals surface area (Å²) in [5, 5.41) is 16.1. The fourth-order valence-electron chi connectivity index (χ4n) is 2.81. The second-order valence-electron chi connectivity index (χ2n) is 6.15. The number of aromatic nitrogens is 2. The van der Waals surface area contributed by atoms with Crippen LogP contribution < -0.4 is 5.32 Å². The van der Waals surface area contributed by atoms with Crippen molar-refractivity contribution in [2.45, 2.75) is 24.6 Å². The number of thioether (sulfide) groups is 1. The fourth-order valence-corrected chi connectivity index (χ4v) is 4.00. The van der Waals surface area contributed by atoms with Crippen LogP contribution in [-0.4, -0.2) is 43.8 Å². The lowest BCUT2D eigenvalue weighted by Gasteiger charge is -2.33. The summed E-state index contributed by atoms with van der Waals surface area (Å²) in [6.45, 7) is 0. The van der Waals surface area contributed by atoms with Gasteiger partial charge in [0.25, 0.3) is 5.91 Å². The average Bonchev–Trinajstić information content (AvgIpc) is 3.12. The highest BCUT2D eigenvalue weighted by Crippen LogP contribution is 2.30. The molecule has 1 aliphatic rings. The number of carbonyl (C=O) groups is 2. The molecule has 0 unspecified atom stereocenters. The monoisotopic (exact) mass is 399 g/mol. The van der Waals surface area contributed by atoms with E-state index in [1.54, 1.807) is 11.8 Å². The first-order valence-electron chi connectivity index (χ1n) is 8.08. The summed E-state index contributed by atoms with van der Waals surface area (Å²) in [5.41, 5.74) is -2.09. The van der Waals surface area contributed by atoms with Crippen LogP contribution in [0.1, 0.15) is 28.9 Å². The van der Waals surface area contributed by atoms with Gasteiger partial charge in [0.2, 0.25) is 0 Å². The van der Waals surface area contributed by atoms with Gasteiger partial charge in [0.05, 0.1) is 11.3 Å². The molecule has 0 saturated carbocycles. The summed E-state index contributed by atoms with van der Waals surface area (Å²) < 4.78 is 39.7. The number of nitrogens with one attached hydrogen (secondary N) is 1. The van der Waals surface area contributed by atoms with Crippen molar-refractivity contribution in [2.24, 2.45) is 0 Å². The van der Waals surface area contributed by atoms with Gasteiger partial charge in [0, 0.05) is 6.20 Å². The van der Waals surface area contributed by atoms with Crippen LogP contribution in [0, 0.1) is 0 Å². The van der Waals surface area contributed by atoms with Crippen molar-refractivity contribution in [1.29, 1.82) is 0 Å². The molecule has 0 aliphatic carbocycles. The Hall–Kier alpha value is -2.49. The van der Waals surface area contributed by atoms with E-state index < -0.39 is 29.2 Å². The second kappa shape index (κ2) is 7.26. The van der Waals surface area contributed by atoms with Gasteiger partial charge in [-0.1, -0.05) is 6.07 Å². The minimum atomic E-state index is -4.49. The van der Waals surface area contributed by atoms with Gasteiger partial charge in [-0.3, -0.25) is 4.79 Å². The number of carbonyl (C=O) groups excluding carboxylic acids is 1. The van der Waals surface area contributed by atoms with Crippen LogP contribution in [0.4, 0.5) is 13.2 Å². The third-order valence-corrected chi connectivity index (χ3v) is 5.35. The van der Waals surface area contributed by atoms with Crippen molar-refractivity contribution in [3.8, 4) is 5.69 Å². The molecular weight excluding hydrogens is 383 g/mol. The molecular formula is C17H16F3N3O3S. The first-order chi connectivity index (χ1) is 12.7. The second-order valence-corrected chi connectivity index (χ2v) is 7.37. The number of amides is 1. The minimum Gasteiger partial charge on any atom is -0.480 e. The molecule has 1 amide bonds. The van der Waals surface area contributed by atoms with Crippen LogP contribution in [0.3, 0.4) is 0 Å². The number of alkyl halides is 3. The summed E-state index contributed by atoms with van der Waals surface area (Å²) in [5.74, 6) is -0.542. The zero-order valence-electron chi connectivity index (χ0n) is 14.0. The molecule has 3 rings (SSSR count). The Labute approximate surface area is 156 Å². The number of carboxylic acid groups (broad SMARTS) is 1. The van der Waals surface area contributed by atoms with Gasteiger partial charge in [0.15, 0.2) is 5.69 Å². The summed E-state index contributed by atoms with van der Waals surface area (Å²) in [6, 6.07) is 5.88. The van der Waals surface area contributed by atoms with Crippen molar-refractivity contribution in [2.75, 3.05) is 11.5 Å². The molecule has 0 bridgehead atoms. The molecule has 0 atom stereocenters. The molecule has 0 spiro atoms. The van der Waals surface area contributed by atoms with Crippen molar-refractivity contribution >= 4 is 23.6 Å². The highest BCUT2D eigenvalue weighted by atomic mass is 32.2. The first kappa shape index (κ1) is 19.3. The van der Waals surface area contributed by atoms with Gasteiger partial charge >= 0.3 is 12.1 Å². The lowest BCUT2D eigenvalue weighted by Crippen LogP contribution is -2.56. The predicted molar refractivity (Wildman–Crippen MR) is 93.0 cm³/mol. The molecule has 1 aliphatic heterocycles. The van der Waals surface area contributed by atoms with Crippen LogP contribution in [-0.2, 0) is 11.0 Å². The van der Waals surface area contributed by atoms with Gasteiger partial charge in [-0.2, -0.15) is 30.0 Å². The SMILES string of the molecule is O=C(NC1(C(=O)O)CCSCC1)c1ccn(-c2cccc(C(F)(F)F)c2)n1. The fraction of sp³-hybridized carbons (Fsp3) is 0.353. The average molecular weight is 399 g/mol. The number of halogens is 3. The van der Waals surface area contributed by atoms with Gasteiger partial charge in [-0.25, -0.2) is 9.48 Å². The molecule has 1 aromatic heterocycles. The number of benzene rings is 1. The lowest BCUT2D eigenvalue weighted by atomic mass is 9.92. The Kier molecular flexibility index (Phi) is 5.18. The molecule has 1 fully saturated rings.